The fraction of sp³-hybridized carbons (Fsp3) is 0.333. The van der Waals surface area contributed by atoms with Gasteiger partial charge in [0.1, 0.15) is 5.82 Å². The van der Waals surface area contributed by atoms with Crippen molar-refractivity contribution in [3.63, 3.8) is 0 Å². The van der Waals surface area contributed by atoms with E-state index in [1.165, 1.54) is 12.1 Å². The van der Waals surface area contributed by atoms with Gasteiger partial charge in [-0.1, -0.05) is 0 Å². The summed E-state index contributed by atoms with van der Waals surface area (Å²) >= 11 is 3.04. The number of nitrogens with one attached hydrogen (secondary N) is 1. The first-order valence-electron chi connectivity index (χ1n) is 5.59. The van der Waals surface area contributed by atoms with Crippen LogP contribution >= 0.6 is 15.9 Å². The molecule has 4 nitrogen and oxygen atoms in total. The Morgan fingerprint density at radius 1 is 1.39 bits per heavy atom. The normalized spacial score (nSPS) is 16.1. The molecule has 0 atom stereocenters. The lowest BCUT2D eigenvalue weighted by Crippen LogP contribution is -2.34. The summed E-state index contributed by atoms with van der Waals surface area (Å²) in [5.41, 5.74) is 0.296. The third-order valence-electron chi connectivity index (χ3n) is 2.77. The molecule has 0 aromatic heterocycles. The van der Waals surface area contributed by atoms with Gasteiger partial charge in [-0.15, -0.1) is 0 Å². The highest BCUT2D eigenvalue weighted by molar-refractivity contribution is 9.10. The van der Waals surface area contributed by atoms with Crippen molar-refractivity contribution in [3.05, 3.63) is 34.1 Å². The summed E-state index contributed by atoms with van der Waals surface area (Å²) in [5.74, 6) is -0.782. The van der Waals surface area contributed by atoms with Gasteiger partial charge in [-0.2, -0.15) is 0 Å². The summed E-state index contributed by atoms with van der Waals surface area (Å²) in [5, 5.41) is 2.69. The Labute approximate surface area is 112 Å². The first-order chi connectivity index (χ1) is 8.58. The molecule has 1 N–H and O–H groups in total. The monoisotopic (exact) mass is 314 g/mol. The molecule has 0 saturated carbocycles. The van der Waals surface area contributed by atoms with Gasteiger partial charge in [-0.05, 0) is 34.1 Å². The number of carbonyl (C=O) groups excluding carboxylic acids is 2. The Hall–Kier alpha value is -1.43. The summed E-state index contributed by atoms with van der Waals surface area (Å²) in [6, 6.07) is 4.27. The number of carbonyl (C=O) groups is 2. The Kier molecular flexibility index (Phi) is 3.96. The van der Waals surface area contributed by atoms with Crippen molar-refractivity contribution >= 4 is 27.7 Å². The van der Waals surface area contributed by atoms with Crippen molar-refractivity contribution in [1.82, 2.24) is 10.2 Å². The van der Waals surface area contributed by atoms with Crippen molar-refractivity contribution < 1.29 is 14.0 Å². The number of hydrogen-bond acceptors (Lipinski definition) is 2. The van der Waals surface area contributed by atoms with Gasteiger partial charge in [0.25, 0.3) is 5.91 Å². The van der Waals surface area contributed by atoms with Gasteiger partial charge in [0, 0.05) is 31.6 Å². The molecule has 2 amide bonds. The molecule has 1 fully saturated rings. The van der Waals surface area contributed by atoms with Gasteiger partial charge in [-0.25, -0.2) is 4.39 Å². The number of amides is 2. The highest BCUT2D eigenvalue weighted by atomic mass is 79.9. The molecule has 0 unspecified atom stereocenters. The predicted molar refractivity (Wildman–Crippen MR) is 67.6 cm³/mol. The van der Waals surface area contributed by atoms with Crippen LogP contribution in [0.15, 0.2) is 22.7 Å². The highest BCUT2D eigenvalue weighted by Crippen LogP contribution is 2.17. The summed E-state index contributed by atoms with van der Waals surface area (Å²) in [6.07, 6.45) is 0.282. The van der Waals surface area contributed by atoms with E-state index in [9.17, 15) is 14.0 Å². The molecule has 1 aliphatic rings. The van der Waals surface area contributed by atoms with Crippen LogP contribution in [0.1, 0.15) is 16.8 Å². The minimum Gasteiger partial charge on any atom is -0.354 e. The fourth-order valence-electron chi connectivity index (χ4n) is 1.78. The SMILES string of the molecule is O=C1CCN(C(=O)c2ccc(Br)c(F)c2)CCN1. The smallest absolute Gasteiger partial charge is 0.254 e. The lowest BCUT2D eigenvalue weighted by molar-refractivity contribution is -0.120. The van der Waals surface area contributed by atoms with Crippen LogP contribution in [0.4, 0.5) is 4.39 Å². The first-order valence-corrected chi connectivity index (χ1v) is 6.38. The highest BCUT2D eigenvalue weighted by Gasteiger charge is 2.20. The van der Waals surface area contributed by atoms with Crippen LogP contribution in [0.3, 0.4) is 0 Å². The molecular formula is C12H12BrFN2O2. The number of nitrogens with zero attached hydrogens (tertiary/aromatic N) is 1. The van der Waals surface area contributed by atoms with Gasteiger partial charge in [0.05, 0.1) is 4.47 Å². The third kappa shape index (κ3) is 2.87. The van der Waals surface area contributed by atoms with E-state index in [1.807, 2.05) is 0 Å². The molecule has 6 heteroatoms. The van der Waals surface area contributed by atoms with Crippen LogP contribution in [-0.4, -0.2) is 36.3 Å². The number of hydrogen-bond donors (Lipinski definition) is 1. The molecule has 96 valence electrons. The van der Waals surface area contributed by atoms with Crippen molar-refractivity contribution in [2.45, 2.75) is 6.42 Å². The Morgan fingerprint density at radius 2 is 2.17 bits per heavy atom. The minimum absolute atomic E-state index is 0.0627. The summed E-state index contributed by atoms with van der Waals surface area (Å²) in [4.78, 5) is 24.9. The average Bonchev–Trinajstić information content (AvgIpc) is 2.57. The summed E-state index contributed by atoms with van der Waals surface area (Å²) in [7, 11) is 0. The second kappa shape index (κ2) is 5.48. The van der Waals surface area contributed by atoms with Crippen LogP contribution in [0.2, 0.25) is 0 Å². The quantitative estimate of drug-likeness (QED) is 0.855. The Balaban J connectivity index is 2.14. The van der Waals surface area contributed by atoms with Gasteiger partial charge in [-0.3, -0.25) is 9.59 Å². The van der Waals surface area contributed by atoms with Gasteiger partial charge in [0.2, 0.25) is 5.91 Å². The van der Waals surface area contributed by atoms with Crippen LogP contribution in [-0.2, 0) is 4.79 Å². The van der Waals surface area contributed by atoms with Crippen molar-refractivity contribution in [2.24, 2.45) is 0 Å². The van der Waals surface area contributed by atoms with Crippen LogP contribution in [0.25, 0.3) is 0 Å². The van der Waals surface area contributed by atoms with Crippen LogP contribution < -0.4 is 5.32 Å². The zero-order valence-electron chi connectivity index (χ0n) is 9.58. The van der Waals surface area contributed by atoms with Gasteiger partial charge in [0.15, 0.2) is 0 Å². The molecular weight excluding hydrogens is 303 g/mol. The standard InChI is InChI=1S/C12H12BrFN2O2/c13-9-2-1-8(7-10(9)14)12(18)16-5-3-11(17)15-4-6-16/h1-2,7H,3-6H2,(H,15,17). The Morgan fingerprint density at radius 3 is 2.89 bits per heavy atom. The molecule has 1 aliphatic heterocycles. The largest absolute Gasteiger partial charge is 0.354 e. The molecule has 0 radical (unpaired) electrons. The molecule has 1 aromatic carbocycles. The maximum absolute atomic E-state index is 13.4. The van der Waals surface area contributed by atoms with E-state index in [2.05, 4.69) is 21.2 Å². The van der Waals surface area contributed by atoms with Crippen molar-refractivity contribution in [1.29, 1.82) is 0 Å². The van der Waals surface area contributed by atoms with Gasteiger partial charge >= 0.3 is 0 Å². The molecule has 0 bridgehead atoms. The maximum Gasteiger partial charge on any atom is 0.254 e. The third-order valence-corrected chi connectivity index (χ3v) is 3.41. The summed E-state index contributed by atoms with van der Waals surface area (Å²) in [6.45, 7) is 1.24. The molecule has 0 spiro atoms. The van der Waals surface area contributed by atoms with Crippen LogP contribution in [0.5, 0.6) is 0 Å². The van der Waals surface area contributed by atoms with Crippen molar-refractivity contribution in [3.8, 4) is 0 Å². The summed E-state index contributed by atoms with van der Waals surface area (Å²) < 4.78 is 13.7. The van der Waals surface area contributed by atoms with E-state index in [-0.39, 0.29) is 18.2 Å². The molecule has 1 aromatic rings. The first kappa shape index (κ1) is 13.0. The number of rotatable bonds is 1. The zero-order valence-corrected chi connectivity index (χ0v) is 11.2. The van der Waals surface area contributed by atoms with Crippen LogP contribution in [0, 0.1) is 5.82 Å². The van der Waals surface area contributed by atoms with E-state index in [4.69, 9.17) is 0 Å². The minimum atomic E-state index is -0.468. The van der Waals surface area contributed by atoms with Gasteiger partial charge < -0.3 is 10.2 Å². The molecule has 1 heterocycles. The lowest BCUT2D eigenvalue weighted by atomic mass is 10.2. The average molecular weight is 315 g/mol. The van der Waals surface area contributed by atoms with E-state index < -0.39 is 5.82 Å². The Bertz CT molecular complexity index is 493. The molecule has 0 aliphatic carbocycles. The lowest BCUT2D eigenvalue weighted by Gasteiger charge is -2.19. The number of halogens is 2. The van der Waals surface area contributed by atoms with E-state index in [1.54, 1.807) is 11.0 Å². The van der Waals surface area contributed by atoms with Crippen molar-refractivity contribution in [2.75, 3.05) is 19.6 Å². The molecule has 18 heavy (non-hydrogen) atoms. The van der Waals surface area contributed by atoms with E-state index >= 15 is 0 Å². The second-order valence-corrected chi connectivity index (χ2v) is 4.88. The number of benzene rings is 1. The fourth-order valence-corrected chi connectivity index (χ4v) is 2.03. The van der Waals surface area contributed by atoms with E-state index in [0.717, 1.165) is 0 Å². The van der Waals surface area contributed by atoms with E-state index in [0.29, 0.717) is 29.7 Å². The topological polar surface area (TPSA) is 49.4 Å². The molecule has 2 rings (SSSR count). The second-order valence-electron chi connectivity index (χ2n) is 4.02. The predicted octanol–water partition coefficient (Wildman–Crippen LogP) is 1.55. The maximum atomic E-state index is 13.4. The zero-order chi connectivity index (χ0) is 13.1. The molecule has 1 saturated heterocycles.